The third-order valence-corrected chi connectivity index (χ3v) is 7.31. The zero-order valence-electron chi connectivity index (χ0n) is 23.1. The summed E-state index contributed by atoms with van der Waals surface area (Å²) in [5, 5.41) is 10.5. The molecule has 212 valence electrons. The zero-order valence-corrected chi connectivity index (χ0v) is 23.1. The molecule has 42 heavy (non-hydrogen) atoms. The molecule has 0 aliphatic heterocycles. The number of aromatic nitrogens is 3. The van der Waals surface area contributed by atoms with Gasteiger partial charge in [-0.1, -0.05) is 30.3 Å². The monoisotopic (exact) mass is 565 g/mol. The number of nitrogens with zero attached hydrogens (tertiary/aromatic N) is 3. The maximum atomic E-state index is 15.4. The van der Waals surface area contributed by atoms with E-state index in [0.717, 1.165) is 22.1 Å². The van der Waals surface area contributed by atoms with Crippen molar-refractivity contribution < 1.29 is 28.2 Å². The lowest BCUT2D eigenvalue weighted by atomic mass is 10.1. The molecule has 0 amide bonds. The van der Waals surface area contributed by atoms with Crippen molar-refractivity contribution in [2.24, 2.45) is 0 Å². The fourth-order valence-electron chi connectivity index (χ4n) is 5.07. The molecule has 8 nitrogen and oxygen atoms in total. The number of rotatable bonds is 10. The number of fused-ring (bicyclic) bond motifs is 2. The van der Waals surface area contributed by atoms with Crippen molar-refractivity contribution >= 4 is 28.0 Å². The van der Waals surface area contributed by atoms with E-state index in [2.05, 4.69) is 9.97 Å². The molecular formula is C33H28FN3O5. The normalized spacial score (nSPS) is 11.4. The maximum absolute atomic E-state index is 15.4. The van der Waals surface area contributed by atoms with E-state index in [4.69, 9.17) is 13.9 Å². The molecule has 1 N–H and O–H groups in total. The Bertz CT molecular complexity index is 1930. The largest absolute Gasteiger partial charge is 0.478 e. The number of hydrogen-bond acceptors (Lipinski definition) is 6. The van der Waals surface area contributed by atoms with Crippen LogP contribution < -0.4 is 4.74 Å². The molecule has 0 radical (unpaired) electrons. The molecule has 3 heterocycles. The van der Waals surface area contributed by atoms with Gasteiger partial charge in [0.2, 0.25) is 5.88 Å². The first-order valence-corrected chi connectivity index (χ1v) is 13.5. The van der Waals surface area contributed by atoms with Crippen molar-refractivity contribution in [2.75, 3.05) is 13.7 Å². The Morgan fingerprint density at radius 3 is 2.69 bits per heavy atom. The number of pyridine rings is 1. The molecule has 3 aromatic heterocycles. The van der Waals surface area contributed by atoms with Gasteiger partial charge in [-0.15, -0.1) is 0 Å². The summed E-state index contributed by atoms with van der Waals surface area (Å²) in [5.41, 5.74) is 5.97. The summed E-state index contributed by atoms with van der Waals surface area (Å²) >= 11 is 0. The summed E-state index contributed by atoms with van der Waals surface area (Å²) in [6, 6.07) is 21.1. The van der Waals surface area contributed by atoms with Crippen LogP contribution in [0.2, 0.25) is 0 Å². The molecule has 0 atom stereocenters. The van der Waals surface area contributed by atoms with Crippen LogP contribution in [0.5, 0.6) is 5.88 Å². The van der Waals surface area contributed by atoms with E-state index in [1.807, 2.05) is 47.9 Å². The van der Waals surface area contributed by atoms with Crippen LogP contribution in [-0.2, 0) is 24.3 Å². The summed E-state index contributed by atoms with van der Waals surface area (Å²) < 4.78 is 34.2. The van der Waals surface area contributed by atoms with Crippen LogP contribution in [0.1, 0.15) is 32.9 Å². The molecule has 3 aromatic carbocycles. The Hall–Kier alpha value is -5.02. The number of aryl methyl sites for hydroxylation is 1. The van der Waals surface area contributed by atoms with Crippen molar-refractivity contribution in [2.45, 2.75) is 26.5 Å². The van der Waals surface area contributed by atoms with E-state index >= 15 is 4.39 Å². The Morgan fingerprint density at radius 2 is 1.88 bits per heavy atom. The first-order chi connectivity index (χ1) is 20.4. The molecule has 6 rings (SSSR count). The highest BCUT2D eigenvalue weighted by atomic mass is 19.1. The number of carbonyl (C=O) groups is 1. The van der Waals surface area contributed by atoms with Crippen LogP contribution in [0.3, 0.4) is 0 Å². The van der Waals surface area contributed by atoms with E-state index in [-0.39, 0.29) is 18.6 Å². The number of halogens is 1. The van der Waals surface area contributed by atoms with Crippen LogP contribution in [0, 0.1) is 12.7 Å². The molecule has 0 fully saturated rings. The lowest BCUT2D eigenvalue weighted by Crippen LogP contribution is -2.10. The molecule has 0 saturated carbocycles. The molecule has 9 heteroatoms. The van der Waals surface area contributed by atoms with Crippen molar-refractivity contribution in [1.29, 1.82) is 0 Å². The Labute approximate surface area is 241 Å². The Kier molecular flexibility index (Phi) is 7.41. The highest BCUT2D eigenvalue weighted by molar-refractivity contribution is 5.92. The van der Waals surface area contributed by atoms with E-state index in [0.29, 0.717) is 52.7 Å². The predicted molar refractivity (Wildman–Crippen MR) is 156 cm³/mol. The number of benzene rings is 3. The second kappa shape index (κ2) is 11.5. The molecular weight excluding hydrogens is 537 g/mol. The van der Waals surface area contributed by atoms with Gasteiger partial charge in [-0.2, -0.15) is 0 Å². The van der Waals surface area contributed by atoms with Crippen LogP contribution in [0.4, 0.5) is 4.39 Å². The lowest BCUT2D eigenvalue weighted by Gasteiger charge is -2.11. The molecule has 0 aliphatic rings. The van der Waals surface area contributed by atoms with Gasteiger partial charge < -0.3 is 23.6 Å². The summed E-state index contributed by atoms with van der Waals surface area (Å²) in [5.74, 6) is -0.374. The zero-order chi connectivity index (χ0) is 29.2. The highest BCUT2D eigenvalue weighted by Gasteiger charge is 2.16. The summed E-state index contributed by atoms with van der Waals surface area (Å²) in [7, 11) is 1.59. The van der Waals surface area contributed by atoms with Gasteiger partial charge in [0, 0.05) is 42.7 Å². The van der Waals surface area contributed by atoms with E-state index in [9.17, 15) is 9.90 Å². The quantitative estimate of drug-likeness (QED) is 0.195. The minimum Gasteiger partial charge on any atom is -0.478 e. The van der Waals surface area contributed by atoms with E-state index < -0.39 is 11.8 Å². The van der Waals surface area contributed by atoms with Crippen LogP contribution >= 0.6 is 0 Å². The molecule has 6 aromatic rings. The first kappa shape index (κ1) is 27.2. The van der Waals surface area contributed by atoms with Crippen LogP contribution in [-0.4, -0.2) is 39.3 Å². The Morgan fingerprint density at radius 1 is 1.02 bits per heavy atom. The van der Waals surface area contributed by atoms with Crippen molar-refractivity contribution in [3.05, 3.63) is 113 Å². The number of ether oxygens (including phenoxy) is 2. The SMILES string of the molecule is COCCn1c(Cc2ccc(-c3cccc(OCc4ccc(C)c5ccoc45)n3)cc2F)nc2ccc(C(=O)O)cc21. The number of carboxylic acid groups (broad SMARTS) is 1. The topological polar surface area (TPSA) is 99.6 Å². The second-order valence-electron chi connectivity index (χ2n) is 10.0. The molecule has 0 saturated heterocycles. The van der Waals surface area contributed by atoms with Crippen molar-refractivity contribution in [1.82, 2.24) is 14.5 Å². The van der Waals surface area contributed by atoms with Crippen molar-refractivity contribution in [3.63, 3.8) is 0 Å². The number of carboxylic acids is 1. The molecule has 0 spiro atoms. The standard InChI is InChI=1S/C33H28FN3O5/c1-20-6-7-24(32-25(20)12-14-41-32)19-42-31-5-3-4-27(36-31)22-9-8-21(26(34)16-22)18-30-35-28-11-10-23(33(38)39)17-29(28)37(30)13-15-40-2/h3-12,14,16-17H,13,15,18-19H2,1-2H3,(H,38,39). The summed E-state index contributed by atoms with van der Waals surface area (Å²) in [6.07, 6.45) is 1.89. The van der Waals surface area contributed by atoms with Gasteiger partial charge >= 0.3 is 5.97 Å². The average molecular weight is 566 g/mol. The molecule has 0 bridgehead atoms. The number of hydrogen-bond donors (Lipinski definition) is 1. The Balaban J connectivity index is 1.23. The van der Waals surface area contributed by atoms with Gasteiger partial charge in [-0.3, -0.25) is 0 Å². The van der Waals surface area contributed by atoms with Gasteiger partial charge in [0.05, 0.1) is 35.2 Å². The number of methoxy groups -OCH3 is 1. The first-order valence-electron chi connectivity index (χ1n) is 13.5. The number of furan rings is 1. The number of imidazole rings is 1. The average Bonchev–Trinajstić information content (AvgIpc) is 3.62. The lowest BCUT2D eigenvalue weighted by molar-refractivity contribution is 0.0697. The van der Waals surface area contributed by atoms with Crippen LogP contribution in [0.25, 0.3) is 33.3 Å². The predicted octanol–water partition coefficient (Wildman–Crippen LogP) is 6.81. The third-order valence-electron chi connectivity index (χ3n) is 7.31. The minimum absolute atomic E-state index is 0.162. The maximum Gasteiger partial charge on any atom is 0.335 e. The number of aromatic carboxylic acids is 1. The van der Waals surface area contributed by atoms with Gasteiger partial charge in [-0.25, -0.2) is 19.2 Å². The van der Waals surface area contributed by atoms with Gasteiger partial charge in [0.15, 0.2) is 0 Å². The van der Waals surface area contributed by atoms with Gasteiger partial charge in [-0.05, 0) is 54.4 Å². The van der Waals surface area contributed by atoms with E-state index in [1.54, 1.807) is 37.6 Å². The third kappa shape index (κ3) is 5.34. The van der Waals surface area contributed by atoms with Crippen molar-refractivity contribution in [3.8, 4) is 17.1 Å². The molecule has 0 aliphatic carbocycles. The van der Waals surface area contributed by atoms with Gasteiger partial charge in [0.25, 0.3) is 0 Å². The fourth-order valence-corrected chi connectivity index (χ4v) is 5.07. The van der Waals surface area contributed by atoms with Gasteiger partial charge in [0.1, 0.15) is 23.8 Å². The van der Waals surface area contributed by atoms with E-state index in [1.165, 1.54) is 12.1 Å². The minimum atomic E-state index is -1.02. The fraction of sp³-hybridized carbons (Fsp3) is 0.182. The second-order valence-corrected chi connectivity index (χ2v) is 10.0. The van der Waals surface area contributed by atoms with Crippen LogP contribution in [0.15, 0.2) is 83.5 Å². The molecule has 0 unspecified atom stereocenters. The summed E-state index contributed by atoms with van der Waals surface area (Å²) in [4.78, 5) is 20.8. The highest BCUT2D eigenvalue weighted by Crippen LogP contribution is 2.27. The summed E-state index contributed by atoms with van der Waals surface area (Å²) in [6.45, 7) is 3.17. The smallest absolute Gasteiger partial charge is 0.335 e.